The van der Waals surface area contributed by atoms with Crippen molar-refractivity contribution in [3.05, 3.63) is 53.7 Å². The second-order valence-corrected chi connectivity index (χ2v) is 4.88. The molecule has 0 saturated carbocycles. The van der Waals surface area contributed by atoms with E-state index in [1.54, 1.807) is 36.5 Å². The van der Waals surface area contributed by atoms with Crippen molar-refractivity contribution in [2.24, 2.45) is 0 Å². The van der Waals surface area contributed by atoms with E-state index in [2.05, 4.69) is 15.6 Å². The van der Waals surface area contributed by atoms with Crippen molar-refractivity contribution in [1.82, 2.24) is 10.3 Å². The van der Waals surface area contributed by atoms with Gasteiger partial charge in [0.2, 0.25) is 5.91 Å². The Morgan fingerprint density at radius 3 is 2.65 bits per heavy atom. The number of hydrogen-bond donors (Lipinski definition) is 2. The molecule has 0 aliphatic carbocycles. The van der Waals surface area contributed by atoms with Crippen molar-refractivity contribution in [1.29, 1.82) is 0 Å². The van der Waals surface area contributed by atoms with Gasteiger partial charge in [-0.25, -0.2) is 4.98 Å². The van der Waals surface area contributed by atoms with Crippen LogP contribution in [0, 0.1) is 6.92 Å². The summed E-state index contributed by atoms with van der Waals surface area (Å²) < 4.78 is 5.40. The molecule has 1 aromatic heterocycles. The number of benzene rings is 1. The highest BCUT2D eigenvalue weighted by Crippen LogP contribution is 2.17. The van der Waals surface area contributed by atoms with Crippen molar-refractivity contribution in [3.63, 3.8) is 0 Å². The van der Waals surface area contributed by atoms with Crippen LogP contribution in [-0.4, -0.2) is 29.9 Å². The van der Waals surface area contributed by atoms with Crippen molar-refractivity contribution in [2.75, 3.05) is 18.5 Å². The molecule has 2 aromatic rings. The first-order valence-electron chi connectivity index (χ1n) is 7.32. The van der Waals surface area contributed by atoms with E-state index in [0.717, 1.165) is 5.56 Å². The number of nitrogens with zero attached hydrogens (tertiary/aromatic N) is 1. The Morgan fingerprint density at radius 2 is 1.96 bits per heavy atom. The third-order valence-corrected chi connectivity index (χ3v) is 3.02. The van der Waals surface area contributed by atoms with Crippen LogP contribution in [0.25, 0.3) is 0 Å². The van der Waals surface area contributed by atoms with E-state index in [4.69, 9.17) is 4.74 Å². The molecule has 6 heteroatoms. The molecule has 2 rings (SSSR count). The van der Waals surface area contributed by atoms with Crippen LogP contribution < -0.4 is 15.4 Å². The molecule has 23 heavy (non-hydrogen) atoms. The number of carbonyl (C=O) groups excluding carboxylic acids is 2. The fraction of sp³-hybridized carbons (Fsp3) is 0.235. The fourth-order valence-corrected chi connectivity index (χ4v) is 1.92. The van der Waals surface area contributed by atoms with Gasteiger partial charge in [0.05, 0.1) is 18.7 Å². The lowest BCUT2D eigenvalue weighted by Crippen LogP contribution is -2.33. The Morgan fingerprint density at radius 1 is 1.17 bits per heavy atom. The van der Waals surface area contributed by atoms with Crippen LogP contribution in [0.1, 0.15) is 22.8 Å². The monoisotopic (exact) mass is 313 g/mol. The molecule has 1 aromatic carbocycles. The maximum atomic E-state index is 12.2. The van der Waals surface area contributed by atoms with Gasteiger partial charge < -0.3 is 15.4 Å². The predicted octanol–water partition coefficient (Wildman–Crippen LogP) is 2.16. The number of anilines is 1. The zero-order valence-electron chi connectivity index (χ0n) is 13.1. The quantitative estimate of drug-likeness (QED) is 0.856. The van der Waals surface area contributed by atoms with Crippen LogP contribution >= 0.6 is 0 Å². The second-order valence-electron chi connectivity index (χ2n) is 4.88. The number of nitrogens with one attached hydrogen (secondary N) is 2. The number of rotatable bonds is 6. The van der Waals surface area contributed by atoms with Gasteiger partial charge in [-0.15, -0.1) is 0 Å². The zero-order chi connectivity index (χ0) is 16.7. The highest BCUT2D eigenvalue weighted by Gasteiger charge is 2.13. The fourth-order valence-electron chi connectivity index (χ4n) is 1.92. The van der Waals surface area contributed by atoms with E-state index < -0.39 is 0 Å². The number of amides is 2. The first-order chi connectivity index (χ1) is 11.1. The normalized spacial score (nSPS) is 10.0. The average Bonchev–Trinajstić information content (AvgIpc) is 2.56. The van der Waals surface area contributed by atoms with Gasteiger partial charge in [-0.05, 0) is 37.6 Å². The molecule has 0 bridgehead atoms. The number of hydrogen-bond acceptors (Lipinski definition) is 4. The van der Waals surface area contributed by atoms with Gasteiger partial charge in [0.15, 0.2) is 0 Å². The number of para-hydroxylation sites is 1. The molecule has 0 fully saturated rings. The third kappa shape index (κ3) is 4.81. The molecule has 2 N–H and O–H groups in total. The first kappa shape index (κ1) is 16.5. The van der Waals surface area contributed by atoms with Crippen LogP contribution in [0.5, 0.6) is 5.75 Å². The molecular weight excluding hydrogens is 294 g/mol. The van der Waals surface area contributed by atoms with E-state index in [1.807, 2.05) is 19.9 Å². The van der Waals surface area contributed by atoms with Gasteiger partial charge in [-0.3, -0.25) is 9.59 Å². The molecule has 0 aliphatic heterocycles. The van der Waals surface area contributed by atoms with Crippen LogP contribution in [0.4, 0.5) is 5.82 Å². The third-order valence-electron chi connectivity index (χ3n) is 3.02. The van der Waals surface area contributed by atoms with Gasteiger partial charge in [0.1, 0.15) is 11.6 Å². The van der Waals surface area contributed by atoms with E-state index in [-0.39, 0.29) is 18.4 Å². The van der Waals surface area contributed by atoms with Gasteiger partial charge in [-0.2, -0.15) is 0 Å². The highest BCUT2D eigenvalue weighted by atomic mass is 16.5. The van der Waals surface area contributed by atoms with Crippen LogP contribution in [0.3, 0.4) is 0 Å². The van der Waals surface area contributed by atoms with Crippen molar-refractivity contribution in [2.45, 2.75) is 13.8 Å². The molecule has 6 nitrogen and oxygen atoms in total. The lowest BCUT2D eigenvalue weighted by atomic mass is 10.2. The maximum Gasteiger partial charge on any atom is 0.255 e. The first-order valence-corrected chi connectivity index (χ1v) is 7.32. The van der Waals surface area contributed by atoms with Gasteiger partial charge >= 0.3 is 0 Å². The lowest BCUT2D eigenvalue weighted by Gasteiger charge is -2.10. The molecule has 0 unspecified atom stereocenters. The van der Waals surface area contributed by atoms with Crippen LogP contribution in [0.2, 0.25) is 0 Å². The second kappa shape index (κ2) is 7.93. The van der Waals surface area contributed by atoms with Gasteiger partial charge in [-0.1, -0.05) is 18.2 Å². The lowest BCUT2D eigenvalue weighted by molar-refractivity contribution is -0.115. The summed E-state index contributed by atoms with van der Waals surface area (Å²) in [6, 6.07) is 10.5. The maximum absolute atomic E-state index is 12.2. The summed E-state index contributed by atoms with van der Waals surface area (Å²) in [4.78, 5) is 28.1. The Kier molecular flexibility index (Phi) is 5.68. The molecule has 0 radical (unpaired) electrons. The number of aryl methyl sites for hydroxylation is 1. The number of pyridine rings is 1. The minimum Gasteiger partial charge on any atom is -0.493 e. The summed E-state index contributed by atoms with van der Waals surface area (Å²) >= 11 is 0. The molecular formula is C17H19N3O3. The highest BCUT2D eigenvalue weighted by molar-refractivity contribution is 6.00. The number of carbonyl (C=O) groups is 2. The molecule has 0 spiro atoms. The topological polar surface area (TPSA) is 80.3 Å². The molecule has 0 saturated heterocycles. The predicted molar refractivity (Wildman–Crippen MR) is 87.5 cm³/mol. The number of aromatic nitrogens is 1. The van der Waals surface area contributed by atoms with Crippen molar-refractivity contribution >= 4 is 17.6 Å². The average molecular weight is 313 g/mol. The van der Waals surface area contributed by atoms with E-state index in [1.165, 1.54) is 0 Å². The van der Waals surface area contributed by atoms with Crippen LogP contribution in [0.15, 0.2) is 42.6 Å². The molecule has 1 heterocycles. The van der Waals surface area contributed by atoms with Crippen LogP contribution in [-0.2, 0) is 4.79 Å². The molecule has 0 atom stereocenters. The Hall–Kier alpha value is -2.89. The summed E-state index contributed by atoms with van der Waals surface area (Å²) in [6.07, 6.45) is 1.66. The summed E-state index contributed by atoms with van der Waals surface area (Å²) in [5.41, 5.74) is 1.40. The Labute approximate surface area is 134 Å². The van der Waals surface area contributed by atoms with E-state index in [0.29, 0.717) is 23.7 Å². The molecule has 2 amide bonds. The summed E-state index contributed by atoms with van der Waals surface area (Å²) in [7, 11) is 0. The minimum atomic E-state index is -0.360. The van der Waals surface area contributed by atoms with Crippen molar-refractivity contribution in [3.8, 4) is 5.75 Å². The standard InChI is InChI=1S/C17H19N3O3/c1-3-23-14-7-5-4-6-13(14)17(22)19-11-16(21)20-15-9-8-12(2)10-18-15/h4-10H,3,11H2,1-2H3,(H,19,22)(H,18,20,21). The SMILES string of the molecule is CCOc1ccccc1C(=O)NCC(=O)Nc1ccc(C)cn1. The Balaban J connectivity index is 1.91. The van der Waals surface area contributed by atoms with E-state index >= 15 is 0 Å². The number of ether oxygens (including phenoxy) is 1. The largest absolute Gasteiger partial charge is 0.493 e. The molecule has 0 aliphatic rings. The molecule has 120 valence electrons. The van der Waals surface area contributed by atoms with E-state index in [9.17, 15) is 9.59 Å². The smallest absolute Gasteiger partial charge is 0.255 e. The summed E-state index contributed by atoms with van der Waals surface area (Å²) in [6.45, 7) is 4.07. The van der Waals surface area contributed by atoms with Gasteiger partial charge in [0.25, 0.3) is 5.91 Å². The van der Waals surface area contributed by atoms with Gasteiger partial charge in [0, 0.05) is 6.20 Å². The minimum absolute atomic E-state index is 0.144. The van der Waals surface area contributed by atoms with Crippen molar-refractivity contribution < 1.29 is 14.3 Å². The summed E-state index contributed by atoms with van der Waals surface area (Å²) in [5, 5.41) is 5.19. The zero-order valence-corrected chi connectivity index (χ0v) is 13.1. The Bertz CT molecular complexity index is 684. The summed E-state index contributed by atoms with van der Waals surface area (Å²) in [5.74, 6) is 0.238.